The third kappa shape index (κ3) is 2.84. The second-order valence-corrected chi connectivity index (χ2v) is 5.89. The molecule has 0 saturated carbocycles. The summed E-state index contributed by atoms with van der Waals surface area (Å²) in [6.45, 7) is 1.74. The molecular weight excluding hydrogens is 310 g/mol. The summed E-state index contributed by atoms with van der Waals surface area (Å²) in [7, 11) is 0. The van der Waals surface area contributed by atoms with E-state index in [-0.39, 0.29) is 17.6 Å². The molecule has 1 saturated heterocycles. The Balaban J connectivity index is 1.35. The van der Waals surface area contributed by atoms with Crippen LogP contribution in [0.3, 0.4) is 0 Å². The number of rotatable bonds is 4. The largest absolute Gasteiger partial charge is 0.490 e. The molecule has 1 aromatic heterocycles. The van der Waals surface area contributed by atoms with E-state index >= 15 is 0 Å². The summed E-state index contributed by atoms with van der Waals surface area (Å²) in [6.07, 6.45) is 3.02. The average molecular weight is 327 g/mol. The van der Waals surface area contributed by atoms with Gasteiger partial charge in [0.2, 0.25) is 5.91 Å². The average Bonchev–Trinajstić information content (AvgIpc) is 3.19. The van der Waals surface area contributed by atoms with Crippen molar-refractivity contribution in [2.24, 2.45) is 0 Å². The van der Waals surface area contributed by atoms with Gasteiger partial charge in [-0.3, -0.25) is 14.2 Å². The van der Waals surface area contributed by atoms with Crippen LogP contribution >= 0.6 is 0 Å². The number of anilines is 1. The number of amides is 1. The monoisotopic (exact) mass is 327 g/mol. The Morgan fingerprint density at radius 1 is 1.21 bits per heavy atom. The van der Waals surface area contributed by atoms with Crippen molar-refractivity contribution < 1.29 is 14.3 Å². The Morgan fingerprint density at radius 3 is 2.79 bits per heavy atom. The fourth-order valence-electron chi connectivity index (χ4n) is 2.97. The van der Waals surface area contributed by atoms with Crippen LogP contribution in [-0.2, 0) is 11.3 Å². The minimum atomic E-state index is -0.310. The van der Waals surface area contributed by atoms with Gasteiger partial charge in [-0.2, -0.15) is 4.98 Å². The van der Waals surface area contributed by atoms with Crippen LogP contribution in [0, 0.1) is 0 Å². The van der Waals surface area contributed by atoms with Crippen molar-refractivity contribution in [3.05, 3.63) is 46.9 Å². The Kier molecular flexibility index (Phi) is 3.68. The molecule has 0 aliphatic carbocycles. The molecule has 1 fully saturated rings. The molecule has 2 aromatic rings. The van der Waals surface area contributed by atoms with Crippen LogP contribution < -0.4 is 19.9 Å². The fraction of sp³-hybridized carbons (Fsp3) is 0.353. The Hall–Kier alpha value is -2.83. The molecular formula is C17H17N3O4. The van der Waals surface area contributed by atoms with E-state index in [2.05, 4.69) is 4.98 Å². The van der Waals surface area contributed by atoms with Gasteiger partial charge in [-0.15, -0.1) is 0 Å². The van der Waals surface area contributed by atoms with E-state index in [1.807, 2.05) is 24.3 Å². The Morgan fingerprint density at radius 2 is 2.04 bits per heavy atom. The van der Waals surface area contributed by atoms with Crippen molar-refractivity contribution in [3.8, 4) is 11.8 Å². The normalized spacial score (nSPS) is 19.2. The van der Waals surface area contributed by atoms with E-state index in [0.29, 0.717) is 31.3 Å². The van der Waals surface area contributed by atoms with Crippen molar-refractivity contribution >= 4 is 11.6 Å². The van der Waals surface area contributed by atoms with Gasteiger partial charge in [-0.25, -0.2) is 0 Å². The van der Waals surface area contributed by atoms with Gasteiger partial charge in [-0.1, -0.05) is 0 Å². The molecule has 3 heterocycles. The van der Waals surface area contributed by atoms with Gasteiger partial charge in [0.15, 0.2) is 6.10 Å². The van der Waals surface area contributed by atoms with Crippen molar-refractivity contribution in [2.75, 3.05) is 18.1 Å². The van der Waals surface area contributed by atoms with Crippen molar-refractivity contribution in [3.63, 3.8) is 0 Å². The SMILES string of the molecule is O=C1CCCN1c1ccc(OC[C@@H]2Cn3ccc(=O)nc3O2)cc1. The van der Waals surface area contributed by atoms with E-state index in [1.165, 1.54) is 6.07 Å². The van der Waals surface area contributed by atoms with Crippen LogP contribution in [0.25, 0.3) is 0 Å². The summed E-state index contributed by atoms with van der Waals surface area (Å²) >= 11 is 0. The van der Waals surface area contributed by atoms with Crippen LogP contribution in [-0.4, -0.2) is 34.7 Å². The zero-order valence-corrected chi connectivity index (χ0v) is 13.1. The number of ether oxygens (including phenoxy) is 2. The molecule has 7 heteroatoms. The lowest BCUT2D eigenvalue weighted by molar-refractivity contribution is -0.117. The minimum absolute atomic E-state index is 0.169. The third-order valence-corrected chi connectivity index (χ3v) is 4.18. The molecule has 0 bridgehead atoms. The number of carbonyl (C=O) groups is 1. The van der Waals surface area contributed by atoms with Gasteiger partial charge in [0.05, 0.1) is 6.54 Å². The van der Waals surface area contributed by atoms with Gasteiger partial charge < -0.3 is 14.4 Å². The molecule has 2 aliphatic heterocycles. The number of hydrogen-bond acceptors (Lipinski definition) is 5. The molecule has 1 atom stereocenters. The first kappa shape index (κ1) is 14.7. The highest BCUT2D eigenvalue weighted by atomic mass is 16.6. The summed E-state index contributed by atoms with van der Waals surface area (Å²) in [6, 6.07) is 9.23. The van der Waals surface area contributed by atoms with E-state index in [1.54, 1.807) is 15.7 Å². The summed E-state index contributed by atoms with van der Waals surface area (Å²) in [5.41, 5.74) is 0.590. The third-order valence-electron chi connectivity index (χ3n) is 4.18. The van der Waals surface area contributed by atoms with E-state index in [9.17, 15) is 9.59 Å². The summed E-state index contributed by atoms with van der Waals surface area (Å²) in [5.74, 6) is 0.885. The Bertz CT molecular complexity index is 815. The predicted octanol–water partition coefficient (Wildman–Crippen LogP) is 1.21. The first-order chi connectivity index (χ1) is 11.7. The molecule has 1 amide bonds. The van der Waals surface area contributed by atoms with Crippen LogP contribution in [0.5, 0.6) is 11.8 Å². The van der Waals surface area contributed by atoms with Crippen LogP contribution in [0.15, 0.2) is 41.3 Å². The zero-order valence-electron chi connectivity index (χ0n) is 13.1. The van der Waals surface area contributed by atoms with Crippen molar-refractivity contribution in [1.29, 1.82) is 0 Å². The molecule has 124 valence electrons. The van der Waals surface area contributed by atoms with E-state index < -0.39 is 0 Å². The summed E-state index contributed by atoms with van der Waals surface area (Å²) in [4.78, 5) is 28.6. The molecule has 2 aliphatic rings. The summed E-state index contributed by atoms with van der Waals surface area (Å²) < 4.78 is 13.1. The van der Waals surface area contributed by atoms with E-state index in [4.69, 9.17) is 9.47 Å². The number of benzene rings is 1. The molecule has 0 N–H and O–H groups in total. The highest BCUT2D eigenvalue weighted by molar-refractivity contribution is 5.95. The first-order valence-corrected chi connectivity index (χ1v) is 7.96. The van der Waals surface area contributed by atoms with E-state index in [0.717, 1.165) is 18.7 Å². The molecule has 0 unspecified atom stereocenters. The quantitative estimate of drug-likeness (QED) is 0.844. The molecule has 7 nitrogen and oxygen atoms in total. The lowest BCUT2D eigenvalue weighted by Gasteiger charge is -2.16. The van der Waals surface area contributed by atoms with Gasteiger partial charge >= 0.3 is 0 Å². The highest BCUT2D eigenvalue weighted by Crippen LogP contribution is 2.24. The van der Waals surface area contributed by atoms with Gasteiger partial charge in [0.1, 0.15) is 12.4 Å². The minimum Gasteiger partial charge on any atom is -0.490 e. The fourth-order valence-corrected chi connectivity index (χ4v) is 2.97. The number of nitrogens with zero attached hydrogens (tertiary/aromatic N) is 3. The van der Waals surface area contributed by atoms with Crippen LogP contribution in [0.4, 0.5) is 5.69 Å². The van der Waals surface area contributed by atoms with Gasteiger partial charge in [0.25, 0.3) is 11.6 Å². The number of fused-ring (bicyclic) bond motifs is 1. The molecule has 1 aromatic carbocycles. The number of carbonyl (C=O) groups excluding carboxylic acids is 1. The molecule has 0 spiro atoms. The number of aromatic nitrogens is 2. The molecule has 0 radical (unpaired) electrons. The number of hydrogen-bond donors (Lipinski definition) is 0. The lowest BCUT2D eigenvalue weighted by Crippen LogP contribution is -2.24. The van der Waals surface area contributed by atoms with Crippen LogP contribution in [0.1, 0.15) is 12.8 Å². The smallest absolute Gasteiger partial charge is 0.300 e. The second kappa shape index (κ2) is 5.99. The second-order valence-electron chi connectivity index (χ2n) is 5.89. The van der Waals surface area contributed by atoms with Crippen LogP contribution in [0.2, 0.25) is 0 Å². The maximum Gasteiger partial charge on any atom is 0.300 e. The lowest BCUT2D eigenvalue weighted by atomic mass is 10.3. The van der Waals surface area contributed by atoms with Crippen molar-refractivity contribution in [1.82, 2.24) is 9.55 Å². The summed E-state index contributed by atoms with van der Waals surface area (Å²) in [5, 5.41) is 0. The van der Waals surface area contributed by atoms with Gasteiger partial charge in [-0.05, 0) is 30.7 Å². The molecule has 24 heavy (non-hydrogen) atoms. The Labute approximate surface area is 138 Å². The highest BCUT2D eigenvalue weighted by Gasteiger charge is 2.24. The maximum absolute atomic E-state index is 11.7. The first-order valence-electron chi connectivity index (χ1n) is 7.96. The topological polar surface area (TPSA) is 73.7 Å². The zero-order chi connectivity index (χ0) is 16.5. The van der Waals surface area contributed by atoms with Gasteiger partial charge in [0, 0.05) is 30.9 Å². The standard InChI is InChI=1S/C17H17N3O4/c21-15-7-9-19-10-14(24-17(19)18-15)11-23-13-5-3-12(4-6-13)20-8-1-2-16(20)22/h3-7,9,14H,1-2,8,10-11H2/t14-/m0/s1. The molecule has 4 rings (SSSR count). The maximum atomic E-state index is 11.7. The van der Waals surface area contributed by atoms with Crippen molar-refractivity contribution in [2.45, 2.75) is 25.5 Å². The predicted molar refractivity (Wildman–Crippen MR) is 86.4 cm³/mol.